The lowest BCUT2D eigenvalue weighted by Gasteiger charge is -2.37. The summed E-state index contributed by atoms with van der Waals surface area (Å²) in [5.74, 6) is 0.349. The molecule has 0 unspecified atom stereocenters. The highest BCUT2D eigenvalue weighted by atomic mass is 16.5. The Hall–Kier alpha value is -2.70. The number of aliphatic hydroxyl groups is 1. The van der Waals surface area contributed by atoms with Crippen molar-refractivity contribution in [3.05, 3.63) is 65.4 Å². The van der Waals surface area contributed by atoms with E-state index in [1.54, 1.807) is 4.90 Å². The van der Waals surface area contributed by atoms with Crippen molar-refractivity contribution in [2.24, 2.45) is 5.92 Å². The van der Waals surface area contributed by atoms with Crippen LogP contribution in [0.15, 0.2) is 48.7 Å². The first-order valence-corrected chi connectivity index (χ1v) is 12.5. The van der Waals surface area contributed by atoms with E-state index in [0.717, 1.165) is 31.4 Å². The number of aliphatic hydroxyl groups excluding tert-OH is 1. The van der Waals surface area contributed by atoms with Crippen molar-refractivity contribution < 1.29 is 14.6 Å². The molecular weight excluding hydrogens is 426 g/mol. The first-order chi connectivity index (χ1) is 16.5. The second kappa shape index (κ2) is 11.2. The van der Waals surface area contributed by atoms with Gasteiger partial charge in [-0.2, -0.15) is 0 Å². The van der Waals surface area contributed by atoms with E-state index in [0.29, 0.717) is 24.5 Å². The SMILES string of the molecule is C[C@H]1CN([C@@H](C)CO)C(=O)c2cc(C3=CCCCC3)cnc2O[C@@H]1CN(C)Cc1ccccc1. The van der Waals surface area contributed by atoms with Crippen molar-refractivity contribution in [1.82, 2.24) is 14.8 Å². The zero-order valence-electron chi connectivity index (χ0n) is 20.6. The molecule has 1 N–H and O–H groups in total. The van der Waals surface area contributed by atoms with Gasteiger partial charge >= 0.3 is 0 Å². The molecule has 1 aliphatic carbocycles. The second-order valence-electron chi connectivity index (χ2n) is 9.86. The number of amides is 1. The first kappa shape index (κ1) is 24.4. The van der Waals surface area contributed by atoms with Gasteiger partial charge in [0.25, 0.3) is 5.91 Å². The predicted molar refractivity (Wildman–Crippen MR) is 135 cm³/mol. The Bertz CT molecular complexity index is 1010. The van der Waals surface area contributed by atoms with E-state index in [1.165, 1.54) is 17.6 Å². The molecule has 0 spiro atoms. The molecule has 1 aromatic heterocycles. The third-order valence-corrected chi connectivity index (χ3v) is 6.97. The Balaban J connectivity index is 1.63. The summed E-state index contributed by atoms with van der Waals surface area (Å²) >= 11 is 0. The Morgan fingerprint density at radius 3 is 2.76 bits per heavy atom. The topological polar surface area (TPSA) is 65.9 Å². The number of rotatable bonds is 7. The molecule has 4 rings (SSSR count). The average molecular weight is 464 g/mol. The van der Waals surface area contributed by atoms with E-state index in [-0.39, 0.29) is 30.6 Å². The number of nitrogens with zero attached hydrogens (tertiary/aromatic N) is 3. The molecule has 0 saturated carbocycles. The van der Waals surface area contributed by atoms with Crippen LogP contribution in [-0.2, 0) is 6.54 Å². The van der Waals surface area contributed by atoms with E-state index < -0.39 is 0 Å². The maximum absolute atomic E-state index is 13.6. The molecule has 6 heteroatoms. The first-order valence-electron chi connectivity index (χ1n) is 12.5. The van der Waals surface area contributed by atoms with Crippen LogP contribution in [0.4, 0.5) is 0 Å². The number of fused-ring (bicyclic) bond motifs is 1. The van der Waals surface area contributed by atoms with Crippen LogP contribution in [0, 0.1) is 5.92 Å². The molecule has 0 fully saturated rings. The van der Waals surface area contributed by atoms with Gasteiger partial charge in [0.2, 0.25) is 5.88 Å². The van der Waals surface area contributed by atoms with E-state index in [2.05, 4.69) is 54.2 Å². The number of hydrogen-bond acceptors (Lipinski definition) is 5. The maximum Gasteiger partial charge on any atom is 0.259 e. The molecule has 2 heterocycles. The van der Waals surface area contributed by atoms with E-state index in [4.69, 9.17) is 4.74 Å². The van der Waals surface area contributed by atoms with Crippen molar-refractivity contribution in [1.29, 1.82) is 0 Å². The lowest BCUT2D eigenvalue weighted by Crippen LogP contribution is -2.49. The van der Waals surface area contributed by atoms with Gasteiger partial charge < -0.3 is 14.7 Å². The van der Waals surface area contributed by atoms with Gasteiger partial charge in [0.15, 0.2) is 0 Å². The third kappa shape index (κ3) is 5.68. The smallest absolute Gasteiger partial charge is 0.259 e. The average Bonchev–Trinajstić information content (AvgIpc) is 2.86. The van der Waals surface area contributed by atoms with Gasteiger partial charge in [0.05, 0.1) is 12.6 Å². The summed E-state index contributed by atoms with van der Waals surface area (Å²) in [4.78, 5) is 22.3. The monoisotopic (exact) mass is 463 g/mol. The summed E-state index contributed by atoms with van der Waals surface area (Å²) < 4.78 is 6.45. The molecule has 182 valence electrons. The summed E-state index contributed by atoms with van der Waals surface area (Å²) in [6.07, 6.45) is 8.42. The molecule has 1 aliphatic heterocycles. The Kier molecular flexibility index (Phi) is 8.01. The van der Waals surface area contributed by atoms with Crippen LogP contribution in [0.5, 0.6) is 5.88 Å². The van der Waals surface area contributed by atoms with Gasteiger partial charge in [-0.15, -0.1) is 0 Å². The van der Waals surface area contributed by atoms with Crippen LogP contribution in [0.1, 0.15) is 61.0 Å². The summed E-state index contributed by atoms with van der Waals surface area (Å²) in [5.41, 5.74) is 3.99. The van der Waals surface area contributed by atoms with Gasteiger partial charge in [-0.05, 0) is 62.4 Å². The van der Waals surface area contributed by atoms with Crippen LogP contribution < -0.4 is 4.74 Å². The van der Waals surface area contributed by atoms with Crippen LogP contribution in [0.3, 0.4) is 0 Å². The number of benzene rings is 1. The molecule has 6 nitrogen and oxygen atoms in total. The minimum atomic E-state index is -0.277. The summed E-state index contributed by atoms with van der Waals surface area (Å²) in [6.45, 7) is 5.97. The fourth-order valence-electron chi connectivity index (χ4n) is 4.86. The number of allylic oxidation sites excluding steroid dienone is 2. The number of pyridine rings is 1. The number of carbonyl (C=O) groups excluding carboxylic acids is 1. The van der Waals surface area contributed by atoms with Crippen LogP contribution >= 0.6 is 0 Å². The normalized spacial score (nSPS) is 21.9. The number of aromatic nitrogens is 1. The highest BCUT2D eigenvalue weighted by molar-refractivity contribution is 5.97. The number of carbonyl (C=O) groups is 1. The van der Waals surface area contributed by atoms with E-state index in [9.17, 15) is 9.90 Å². The second-order valence-corrected chi connectivity index (χ2v) is 9.86. The van der Waals surface area contributed by atoms with Crippen molar-refractivity contribution in [3.8, 4) is 5.88 Å². The largest absolute Gasteiger partial charge is 0.472 e. The molecular formula is C28H37N3O3. The Morgan fingerprint density at radius 2 is 2.06 bits per heavy atom. The zero-order valence-corrected chi connectivity index (χ0v) is 20.6. The number of hydrogen-bond donors (Lipinski definition) is 1. The molecule has 2 aromatic rings. The molecule has 0 radical (unpaired) electrons. The standard InChI is InChI=1S/C28H37N3O3/c1-20-16-31(21(2)19-32)28(33)25-14-24(23-12-8-5-9-13-23)15-29-27(25)34-26(20)18-30(3)17-22-10-6-4-7-11-22/h4,6-7,10-12,14-15,20-21,26,32H,5,8-9,13,16-19H2,1-3H3/t20-,21-,26+/m0/s1. The van der Waals surface area contributed by atoms with Crippen molar-refractivity contribution in [2.75, 3.05) is 26.7 Å². The maximum atomic E-state index is 13.6. The fourth-order valence-corrected chi connectivity index (χ4v) is 4.86. The Labute approximate surface area is 203 Å². The summed E-state index contributed by atoms with van der Waals surface area (Å²) in [5, 5.41) is 9.88. The van der Waals surface area contributed by atoms with Crippen LogP contribution in [0.25, 0.3) is 5.57 Å². The number of likely N-dealkylation sites (N-methyl/N-ethyl adjacent to an activating group) is 1. The molecule has 1 aromatic carbocycles. The van der Waals surface area contributed by atoms with Crippen LogP contribution in [-0.4, -0.2) is 64.7 Å². The predicted octanol–water partition coefficient (Wildman–Crippen LogP) is 4.39. The molecule has 3 atom stereocenters. The lowest BCUT2D eigenvalue weighted by atomic mass is 9.93. The van der Waals surface area contributed by atoms with Gasteiger partial charge in [0.1, 0.15) is 11.7 Å². The van der Waals surface area contributed by atoms with E-state index >= 15 is 0 Å². The number of ether oxygens (including phenoxy) is 1. The zero-order chi connectivity index (χ0) is 24.1. The molecule has 0 bridgehead atoms. The van der Waals surface area contributed by atoms with Gasteiger partial charge in [-0.1, -0.05) is 43.3 Å². The highest BCUT2D eigenvalue weighted by Crippen LogP contribution is 2.32. The Morgan fingerprint density at radius 1 is 1.26 bits per heavy atom. The molecule has 1 amide bonds. The van der Waals surface area contributed by atoms with Gasteiger partial charge in [-0.3, -0.25) is 9.69 Å². The third-order valence-electron chi connectivity index (χ3n) is 6.97. The summed E-state index contributed by atoms with van der Waals surface area (Å²) in [7, 11) is 2.09. The summed E-state index contributed by atoms with van der Waals surface area (Å²) in [6, 6.07) is 12.0. The van der Waals surface area contributed by atoms with Crippen molar-refractivity contribution >= 4 is 11.5 Å². The molecule has 2 aliphatic rings. The van der Waals surface area contributed by atoms with Gasteiger partial charge in [0, 0.05) is 31.7 Å². The van der Waals surface area contributed by atoms with Crippen molar-refractivity contribution in [2.45, 2.75) is 58.2 Å². The minimum absolute atomic E-state index is 0.0758. The van der Waals surface area contributed by atoms with Gasteiger partial charge in [-0.25, -0.2) is 4.98 Å². The quantitative estimate of drug-likeness (QED) is 0.660. The minimum Gasteiger partial charge on any atom is -0.472 e. The molecule has 0 saturated heterocycles. The lowest BCUT2D eigenvalue weighted by molar-refractivity contribution is 0.0325. The van der Waals surface area contributed by atoms with Crippen LogP contribution in [0.2, 0.25) is 0 Å². The molecule has 34 heavy (non-hydrogen) atoms. The highest BCUT2D eigenvalue weighted by Gasteiger charge is 2.34. The fraction of sp³-hybridized carbons (Fsp3) is 0.500. The van der Waals surface area contributed by atoms with Crippen molar-refractivity contribution in [3.63, 3.8) is 0 Å². The van der Waals surface area contributed by atoms with E-state index in [1.807, 2.05) is 25.3 Å².